The Morgan fingerprint density at radius 2 is 1.86 bits per heavy atom. The van der Waals surface area contributed by atoms with Gasteiger partial charge >= 0.3 is 0 Å². The van der Waals surface area contributed by atoms with E-state index in [9.17, 15) is 5.11 Å². The summed E-state index contributed by atoms with van der Waals surface area (Å²) < 4.78 is 0. The molecule has 1 saturated heterocycles. The van der Waals surface area contributed by atoms with Crippen molar-refractivity contribution < 1.29 is 5.11 Å². The van der Waals surface area contributed by atoms with Crippen LogP contribution in [0.2, 0.25) is 0 Å². The first-order valence-electron chi connectivity index (χ1n) is 6.25. The summed E-state index contributed by atoms with van der Waals surface area (Å²) in [6.07, 6.45) is 9.59. The molecule has 2 fully saturated rings. The van der Waals surface area contributed by atoms with Gasteiger partial charge in [0.15, 0.2) is 0 Å². The number of rotatable bonds is 3. The molecule has 1 atom stereocenters. The highest BCUT2D eigenvalue weighted by Gasteiger charge is 2.21. The fourth-order valence-electron chi connectivity index (χ4n) is 2.86. The van der Waals surface area contributed by atoms with Gasteiger partial charge in [0.2, 0.25) is 0 Å². The lowest BCUT2D eigenvalue weighted by molar-refractivity contribution is 0.172. The van der Waals surface area contributed by atoms with Gasteiger partial charge < -0.3 is 10.0 Å². The zero-order chi connectivity index (χ0) is 9.80. The first kappa shape index (κ1) is 10.4. The number of β-amino-alcohol motifs (C(OH)–C–C–N with tert-alkyl or cyclic N) is 1. The van der Waals surface area contributed by atoms with Crippen LogP contribution >= 0.6 is 0 Å². The van der Waals surface area contributed by atoms with Crippen LogP contribution in [0.1, 0.15) is 44.9 Å². The Bertz CT molecular complexity index is 161. The topological polar surface area (TPSA) is 23.5 Å². The molecule has 1 aliphatic heterocycles. The summed E-state index contributed by atoms with van der Waals surface area (Å²) in [5, 5.41) is 9.39. The largest absolute Gasteiger partial charge is 0.392 e. The molecule has 0 aromatic rings. The molecular formula is C12H23NO. The van der Waals surface area contributed by atoms with Crippen LogP contribution in [0.5, 0.6) is 0 Å². The Balaban J connectivity index is 1.61. The third-order valence-corrected chi connectivity index (χ3v) is 3.83. The molecule has 1 aliphatic carbocycles. The van der Waals surface area contributed by atoms with Gasteiger partial charge in [-0.25, -0.2) is 0 Å². The van der Waals surface area contributed by atoms with Crippen LogP contribution in [0.25, 0.3) is 0 Å². The predicted molar refractivity (Wildman–Crippen MR) is 58.3 cm³/mol. The summed E-state index contributed by atoms with van der Waals surface area (Å²) in [6, 6.07) is 0. The van der Waals surface area contributed by atoms with Gasteiger partial charge in [-0.1, -0.05) is 32.1 Å². The molecule has 0 radical (unpaired) electrons. The van der Waals surface area contributed by atoms with E-state index in [0.717, 1.165) is 25.4 Å². The maximum Gasteiger partial charge on any atom is 0.0679 e. The van der Waals surface area contributed by atoms with Crippen molar-refractivity contribution in [1.29, 1.82) is 0 Å². The highest BCUT2D eigenvalue weighted by Crippen LogP contribution is 2.26. The number of likely N-dealkylation sites (tertiary alicyclic amines) is 1. The number of hydrogen-bond acceptors (Lipinski definition) is 2. The molecule has 0 amide bonds. The van der Waals surface area contributed by atoms with Gasteiger partial charge in [0.25, 0.3) is 0 Å². The number of hydrogen-bond donors (Lipinski definition) is 1. The third-order valence-electron chi connectivity index (χ3n) is 3.83. The average molecular weight is 197 g/mol. The van der Waals surface area contributed by atoms with Gasteiger partial charge in [0.05, 0.1) is 6.10 Å². The SMILES string of the molecule is O[C@@H]1CCN(CCC2CCCCC2)C1. The van der Waals surface area contributed by atoms with Crippen molar-refractivity contribution in [3.05, 3.63) is 0 Å². The van der Waals surface area contributed by atoms with Gasteiger partial charge in [-0.15, -0.1) is 0 Å². The monoisotopic (exact) mass is 197 g/mol. The van der Waals surface area contributed by atoms with E-state index in [0.29, 0.717) is 0 Å². The summed E-state index contributed by atoms with van der Waals surface area (Å²) in [7, 11) is 0. The van der Waals surface area contributed by atoms with Gasteiger partial charge in [-0.05, 0) is 25.3 Å². The second-order valence-corrected chi connectivity index (χ2v) is 5.04. The van der Waals surface area contributed by atoms with E-state index in [-0.39, 0.29) is 6.10 Å². The summed E-state index contributed by atoms with van der Waals surface area (Å²) in [4.78, 5) is 2.43. The minimum atomic E-state index is -0.0404. The molecule has 2 rings (SSSR count). The first-order valence-corrected chi connectivity index (χ1v) is 6.25. The summed E-state index contributed by atoms with van der Waals surface area (Å²) in [5.74, 6) is 0.987. The maximum atomic E-state index is 9.39. The van der Waals surface area contributed by atoms with E-state index in [1.807, 2.05) is 0 Å². The third kappa shape index (κ3) is 2.96. The van der Waals surface area contributed by atoms with Crippen LogP contribution < -0.4 is 0 Å². The Morgan fingerprint density at radius 1 is 1.07 bits per heavy atom. The van der Waals surface area contributed by atoms with Gasteiger partial charge in [0.1, 0.15) is 0 Å². The molecule has 82 valence electrons. The molecule has 2 heteroatoms. The Morgan fingerprint density at radius 3 is 2.50 bits per heavy atom. The van der Waals surface area contributed by atoms with Gasteiger partial charge in [-0.3, -0.25) is 0 Å². The second-order valence-electron chi connectivity index (χ2n) is 5.04. The quantitative estimate of drug-likeness (QED) is 0.748. The van der Waals surface area contributed by atoms with Crippen LogP contribution in [-0.2, 0) is 0 Å². The molecule has 14 heavy (non-hydrogen) atoms. The molecule has 0 aromatic heterocycles. The van der Waals surface area contributed by atoms with E-state index >= 15 is 0 Å². The van der Waals surface area contributed by atoms with Crippen LogP contribution in [0.4, 0.5) is 0 Å². The zero-order valence-electron chi connectivity index (χ0n) is 9.12. The van der Waals surface area contributed by atoms with Crippen molar-refractivity contribution in [2.45, 2.75) is 51.0 Å². The lowest BCUT2D eigenvalue weighted by atomic mass is 9.87. The van der Waals surface area contributed by atoms with Crippen molar-refractivity contribution in [2.75, 3.05) is 19.6 Å². The molecule has 0 bridgehead atoms. The molecule has 0 unspecified atom stereocenters. The molecule has 1 heterocycles. The van der Waals surface area contributed by atoms with Crippen LogP contribution in [0.15, 0.2) is 0 Å². The van der Waals surface area contributed by atoms with Crippen molar-refractivity contribution in [2.24, 2.45) is 5.92 Å². The minimum Gasteiger partial charge on any atom is -0.392 e. The first-order chi connectivity index (χ1) is 6.84. The van der Waals surface area contributed by atoms with E-state index in [1.54, 1.807) is 0 Å². The molecule has 0 aromatic carbocycles. The number of aliphatic hydroxyl groups is 1. The van der Waals surface area contributed by atoms with Crippen LogP contribution in [-0.4, -0.2) is 35.7 Å². The highest BCUT2D eigenvalue weighted by molar-refractivity contribution is 4.76. The van der Waals surface area contributed by atoms with Crippen molar-refractivity contribution >= 4 is 0 Å². The lowest BCUT2D eigenvalue weighted by Gasteiger charge is -2.24. The molecular weight excluding hydrogens is 174 g/mol. The maximum absolute atomic E-state index is 9.39. The van der Waals surface area contributed by atoms with Gasteiger partial charge in [0, 0.05) is 13.1 Å². The fraction of sp³-hybridized carbons (Fsp3) is 1.00. The molecule has 2 aliphatic rings. The fourth-order valence-corrected chi connectivity index (χ4v) is 2.86. The zero-order valence-corrected chi connectivity index (χ0v) is 9.12. The molecule has 1 N–H and O–H groups in total. The van der Waals surface area contributed by atoms with Crippen molar-refractivity contribution in [3.63, 3.8) is 0 Å². The van der Waals surface area contributed by atoms with Crippen molar-refractivity contribution in [1.82, 2.24) is 4.90 Å². The summed E-state index contributed by atoms with van der Waals surface area (Å²) >= 11 is 0. The average Bonchev–Trinajstić information content (AvgIpc) is 2.63. The van der Waals surface area contributed by atoms with Crippen LogP contribution in [0, 0.1) is 5.92 Å². The Labute approximate surface area is 87.3 Å². The lowest BCUT2D eigenvalue weighted by Crippen LogP contribution is -2.25. The van der Waals surface area contributed by atoms with E-state index in [2.05, 4.69) is 4.90 Å². The molecule has 2 nitrogen and oxygen atoms in total. The summed E-state index contributed by atoms with van der Waals surface area (Å²) in [5.41, 5.74) is 0. The Kier molecular flexibility index (Phi) is 3.82. The van der Waals surface area contributed by atoms with E-state index in [1.165, 1.54) is 45.1 Å². The molecule has 0 spiro atoms. The normalized spacial score (nSPS) is 31.1. The van der Waals surface area contributed by atoms with Crippen LogP contribution in [0.3, 0.4) is 0 Å². The standard InChI is InChI=1S/C12H23NO/c14-12-7-9-13(10-12)8-6-11-4-2-1-3-5-11/h11-12,14H,1-10H2/t12-/m1/s1. The predicted octanol–water partition coefficient (Wildman–Crippen LogP) is 2.02. The molecule has 1 saturated carbocycles. The van der Waals surface area contributed by atoms with E-state index < -0.39 is 0 Å². The number of nitrogens with zero attached hydrogens (tertiary/aromatic N) is 1. The van der Waals surface area contributed by atoms with Gasteiger partial charge in [-0.2, -0.15) is 0 Å². The Hall–Kier alpha value is -0.0800. The summed E-state index contributed by atoms with van der Waals surface area (Å²) in [6.45, 7) is 3.27. The highest BCUT2D eigenvalue weighted by atomic mass is 16.3. The minimum absolute atomic E-state index is 0.0404. The van der Waals surface area contributed by atoms with E-state index in [4.69, 9.17) is 0 Å². The second kappa shape index (κ2) is 5.13. The number of aliphatic hydroxyl groups excluding tert-OH is 1. The van der Waals surface area contributed by atoms with Crippen molar-refractivity contribution in [3.8, 4) is 0 Å². The smallest absolute Gasteiger partial charge is 0.0679 e.